The molecule has 3 amide bonds. The number of ketones is 1. The number of rotatable bonds is 13. The SMILES string of the molecule is CCCCC1(C(=O)Nc2ccc(CCC)cc2)N=C1C(=O)CCCCC1SCC2NC(=O)NC21. The lowest BCUT2D eigenvalue weighted by molar-refractivity contribution is -0.119. The van der Waals surface area contributed by atoms with Gasteiger partial charge in [0.1, 0.15) is 5.71 Å². The Labute approximate surface area is 206 Å². The van der Waals surface area contributed by atoms with Crippen LogP contribution in [0.2, 0.25) is 0 Å². The number of carbonyl (C=O) groups is 3. The summed E-state index contributed by atoms with van der Waals surface area (Å²) in [5.74, 6) is 0.753. The molecule has 0 spiro atoms. The van der Waals surface area contributed by atoms with Crippen LogP contribution in [0.4, 0.5) is 10.5 Å². The number of anilines is 1. The van der Waals surface area contributed by atoms with E-state index in [9.17, 15) is 14.4 Å². The van der Waals surface area contributed by atoms with Crippen molar-refractivity contribution < 1.29 is 14.4 Å². The Bertz CT molecular complexity index is 948. The Hall–Kier alpha value is -2.35. The topological polar surface area (TPSA) is 99.7 Å². The third kappa shape index (κ3) is 5.48. The largest absolute Gasteiger partial charge is 0.332 e. The number of nitrogens with one attached hydrogen (secondary N) is 3. The molecular weight excluding hydrogens is 448 g/mol. The summed E-state index contributed by atoms with van der Waals surface area (Å²) in [4.78, 5) is 42.0. The average Bonchev–Trinajstić information content (AvgIpc) is 3.30. The van der Waals surface area contributed by atoms with E-state index in [-0.39, 0.29) is 29.8 Å². The minimum atomic E-state index is -0.983. The minimum Gasteiger partial charge on any atom is -0.332 e. The van der Waals surface area contributed by atoms with E-state index >= 15 is 0 Å². The van der Waals surface area contributed by atoms with E-state index < -0.39 is 5.54 Å². The highest BCUT2D eigenvalue weighted by Gasteiger charge is 2.56. The van der Waals surface area contributed by atoms with Crippen LogP contribution in [-0.4, -0.2) is 52.1 Å². The Morgan fingerprint density at radius 1 is 1.12 bits per heavy atom. The van der Waals surface area contributed by atoms with E-state index in [4.69, 9.17) is 0 Å². The van der Waals surface area contributed by atoms with E-state index in [1.807, 2.05) is 36.0 Å². The predicted molar refractivity (Wildman–Crippen MR) is 138 cm³/mol. The molecule has 3 aliphatic rings. The van der Waals surface area contributed by atoms with Gasteiger partial charge in [0.05, 0.1) is 12.1 Å². The molecular formula is C26H36N4O3S. The number of unbranched alkanes of at least 4 members (excludes halogenated alkanes) is 2. The van der Waals surface area contributed by atoms with Gasteiger partial charge in [0, 0.05) is 23.1 Å². The normalized spacial score (nSPS) is 26.9. The standard InChI is InChI=1S/C26H36N4O3S/c1-3-5-15-26(24(32)27-18-13-11-17(8-4-2)12-14-18)23(30-26)20(31)9-6-7-10-21-22-19(16-34-21)28-25(33)29-22/h11-14,19,21-22H,3-10,15-16H2,1-2H3,(H,27,32)(H2,28,29,33). The van der Waals surface area contributed by atoms with Gasteiger partial charge in [-0.25, -0.2) is 4.79 Å². The molecule has 0 radical (unpaired) electrons. The number of Topliss-reactive ketones (excluding diaryl/α,β-unsaturated/α-hetero) is 1. The van der Waals surface area contributed by atoms with Gasteiger partial charge < -0.3 is 16.0 Å². The fraction of sp³-hybridized carbons (Fsp3) is 0.615. The number of hydrogen-bond donors (Lipinski definition) is 3. The van der Waals surface area contributed by atoms with E-state index in [0.717, 1.165) is 56.4 Å². The van der Waals surface area contributed by atoms with Crippen molar-refractivity contribution in [1.82, 2.24) is 10.6 Å². The molecule has 8 heteroatoms. The summed E-state index contributed by atoms with van der Waals surface area (Å²) in [5, 5.41) is 9.36. The zero-order valence-corrected chi connectivity index (χ0v) is 21.0. The number of aliphatic imine (C=N–C) groups is 1. The number of carbonyl (C=O) groups excluding carboxylic acids is 3. The molecule has 4 rings (SSSR count). The number of thioether (sulfide) groups is 1. The van der Waals surface area contributed by atoms with Crippen LogP contribution < -0.4 is 16.0 Å². The smallest absolute Gasteiger partial charge is 0.315 e. The lowest BCUT2D eigenvalue weighted by atomic mass is 9.91. The Morgan fingerprint density at radius 3 is 2.65 bits per heavy atom. The number of hydrogen-bond acceptors (Lipinski definition) is 5. The summed E-state index contributed by atoms with van der Waals surface area (Å²) >= 11 is 1.89. The molecule has 2 fully saturated rings. The van der Waals surface area contributed by atoms with Crippen LogP contribution in [0.15, 0.2) is 29.3 Å². The molecule has 3 heterocycles. The molecule has 1 aromatic rings. The third-order valence-corrected chi connectivity index (χ3v) is 8.52. The van der Waals surface area contributed by atoms with E-state index in [2.05, 4.69) is 34.8 Å². The first-order chi connectivity index (χ1) is 16.5. The molecule has 0 saturated carbocycles. The van der Waals surface area contributed by atoms with Gasteiger partial charge in [0.25, 0.3) is 5.91 Å². The zero-order chi connectivity index (χ0) is 24.1. The Morgan fingerprint density at radius 2 is 1.91 bits per heavy atom. The molecule has 2 saturated heterocycles. The van der Waals surface area contributed by atoms with Crippen LogP contribution in [0.1, 0.15) is 70.8 Å². The van der Waals surface area contributed by atoms with E-state index in [1.165, 1.54) is 5.56 Å². The number of aryl methyl sites for hydroxylation is 1. The molecule has 184 valence electrons. The highest BCUT2D eigenvalue weighted by Crippen LogP contribution is 2.37. The van der Waals surface area contributed by atoms with Crippen molar-refractivity contribution in [2.45, 2.75) is 94.5 Å². The number of benzene rings is 1. The van der Waals surface area contributed by atoms with E-state index in [0.29, 0.717) is 23.8 Å². The molecule has 0 aliphatic carbocycles. The van der Waals surface area contributed by atoms with Gasteiger partial charge in [-0.1, -0.05) is 51.7 Å². The first-order valence-corrected chi connectivity index (χ1v) is 13.7. The lowest BCUT2D eigenvalue weighted by Crippen LogP contribution is -2.38. The Kier molecular flexibility index (Phi) is 7.96. The second kappa shape index (κ2) is 10.9. The van der Waals surface area contributed by atoms with E-state index in [1.54, 1.807) is 0 Å². The van der Waals surface area contributed by atoms with Gasteiger partial charge in [-0.15, -0.1) is 0 Å². The maximum atomic E-state index is 13.1. The van der Waals surface area contributed by atoms with Crippen molar-refractivity contribution in [3.63, 3.8) is 0 Å². The van der Waals surface area contributed by atoms with Gasteiger partial charge in [0.15, 0.2) is 11.3 Å². The molecule has 0 aromatic heterocycles. The molecule has 34 heavy (non-hydrogen) atoms. The van der Waals surface area contributed by atoms with Crippen molar-refractivity contribution in [3.8, 4) is 0 Å². The van der Waals surface area contributed by atoms with Crippen molar-refractivity contribution in [1.29, 1.82) is 0 Å². The van der Waals surface area contributed by atoms with Gasteiger partial charge in [-0.05, 0) is 43.4 Å². The highest BCUT2D eigenvalue weighted by molar-refractivity contribution is 8.00. The lowest BCUT2D eigenvalue weighted by Gasteiger charge is -2.16. The van der Waals surface area contributed by atoms with Crippen LogP contribution in [0.5, 0.6) is 0 Å². The molecule has 1 aromatic carbocycles. The molecule has 3 aliphatic heterocycles. The maximum absolute atomic E-state index is 13.1. The van der Waals surface area contributed by atoms with Gasteiger partial charge in [0.2, 0.25) is 0 Å². The second-order valence-corrected chi connectivity index (χ2v) is 10.9. The average molecular weight is 485 g/mol. The molecule has 0 bridgehead atoms. The highest BCUT2D eigenvalue weighted by atomic mass is 32.2. The molecule has 7 nitrogen and oxygen atoms in total. The minimum absolute atomic E-state index is 0.00247. The van der Waals surface area contributed by atoms with Gasteiger partial charge >= 0.3 is 6.03 Å². The van der Waals surface area contributed by atoms with Crippen molar-refractivity contribution in [2.75, 3.05) is 11.1 Å². The van der Waals surface area contributed by atoms with Crippen LogP contribution in [-0.2, 0) is 16.0 Å². The summed E-state index contributed by atoms with van der Waals surface area (Å²) in [6, 6.07) is 8.28. The maximum Gasteiger partial charge on any atom is 0.315 e. The zero-order valence-electron chi connectivity index (χ0n) is 20.2. The number of nitrogens with zero attached hydrogens (tertiary/aromatic N) is 1. The fourth-order valence-electron chi connectivity index (χ4n) is 5.01. The van der Waals surface area contributed by atoms with Crippen LogP contribution in [0.25, 0.3) is 0 Å². The Balaban J connectivity index is 1.26. The van der Waals surface area contributed by atoms with Gasteiger partial charge in [-0.3, -0.25) is 14.6 Å². The van der Waals surface area contributed by atoms with Crippen LogP contribution in [0, 0.1) is 0 Å². The summed E-state index contributed by atoms with van der Waals surface area (Å²) in [6.07, 6.45) is 7.58. The van der Waals surface area contributed by atoms with Crippen LogP contribution >= 0.6 is 11.8 Å². The monoisotopic (exact) mass is 484 g/mol. The summed E-state index contributed by atoms with van der Waals surface area (Å²) in [6.45, 7) is 4.22. The summed E-state index contributed by atoms with van der Waals surface area (Å²) < 4.78 is 0. The quantitative estimate of drug-likeness (QED) is 0.288. The van der Waals surface area contributed by atoms with Crippen LogP contribution in [0.3, 0.4) is 0 Å². The van der Waals surface area contributed by atoms with Crippen molar-refractivity contribution in [2.24, 2.45) is 4.99 Å². The third-order valence-electron chi connectivity index (χ3n) is 7.01. The number of urea groups is 1. The summed E-state index contributed by atoms with van der Waals surface area (Å²) in [5.41, 5.74) is 1.46. The van der Waals surface area contributed by atoms with Gasteiger partial charge in [-0.2, -0.15) is 11.8 Å². The van der Waals surface area contributed by atoms with Crippen molar-refractivity contribution >= 4 is 40.9 Å². The van der Waals surface area contributed by atoms with Crippen molar-refractivity contribution in [3.05, 3.63) is 29.8 Å². The molecule has 3 N–H and O–H groups in total. The number of amides is 3. The number of fused-ring (bicyclic) bond motifs is 1. The fourth-order valence-corrected chi connectivity index (χ4v) is 6.55. The molecule has 4 unspecified atom stereocenters. The first kappa shape index (κ1) is 24.8. The second-order valence-electron chi connectivity index (χ2n) is 9.62. The summed E-state index contributed by atoms with van der Waals surface area (Å²) in [7, 11) is 0. The predicted octanol–water partition coefficient (Wildman–Crippen LogP) is 4.26. The molecule has 4 atom stereocenters. The first-order valence-electron chi connectivity index (χ1n) is 12.7.